The monoisotopic (exact) mass is 291 g/mol. The lowest BCUT2D eigenvalue weighted by Crippen LogP contribution is -2.44. The SMILES string of the molecule is CC(C)(C)OC(=O)N1C(=O)CC[C@H]1[C@@H](O)c1ccccc1. The fraction of sp³-hybridized carbons (Fsp3) is 0.500. The van der Waals surface area contributed by atoms with Gasteiger partial charge in [0.15, 0.2) is 0 Å². The summed E-state index contributed by atoms with van der Waals surface area (Å²) in [5.74, 6) is -0.302. The third-order valence-corrected chi connectivity index (χ3v) is 3.35. The van der Waals surface area contributed by atoms with E-state index in [0.717, 1.165) is 4.90 Å². The van der Waals surface area contributed by atoms with Crippen LogP contribution >= 0.6 is 0 Å². The summed E-state index contributed by atoms with van der Waals surface area (Å²) >= 11 is 0. The molecular weight excluding hydrogens is 270 g/mol. The van der Waals surface area contributed by atoms with Crippen molar-refractivity contribution in [1.82, 2.24) is 4.90 Å². The van der Waals surface area contributed by atoms with E-state index in [0.29, 0.717) is 12.0 Å². The molecule has 0 aromatic heterocycles. The number of carbonyl (C=O) groups excluding carboxylic acids is 2. The van der Waals surface area contributed by atoms with Crippen LogP contribution < -0.4 is 0 Å². The van der Waals surface area contributed by atoms with Crippen LogP contribution in [0.15, 0.2) is 30.3 Å². The first-order valence-electron chi connectivity index (χ1n) is 7.07. The Balaban J connectivity index is 2.19. The van der Waals surface area contributed by atoms with Gasteiger partial charge in [-0.15, -0.1) is 0 Å². The van der Waals surface area contributed by atoms with E-state index in [1.165, 1.54) is 0 Å². The molecule has 21 heavy (non-hydrogen) atoms. The van der Waals surface area contributed by atoms with Crippen LogP contribution in [0.5, 0.6) is 0 Å². The molecule has 1 aliphatic rings. The smallest absolute Gasteiger partial charge is 0.417 e. The molecule has 0 spiro atoms. The van der Waals surface area contributed by atoms with E-state index in [1.807, 2.05) is 18.2 Å². The Labute approximate surface area is 124 Å². The molecule has 1 heterocycles. The van der Waals surface area contributed by atoms with Crippen LogP contribution in [0.3, 0.4) is 0 Å². The first kappa shape index (κ1) is 15.5. The van der Waals surface area contributed by atoms with Crippen LogP contribution in [0.1, 0.15) is 45.3 Å². The van der Waals surface area contributed by atoms with Crippen molar-refractivity contribution in [1.29, 1.82) is 0 Å². The van der Waals surface area contributed by atoms with Gasteiger partial charge in [0, 0.05) is 6.42 Å². The van der Waals surface area contributed by atoms with Gasteiger partial charge >= 0.3 is 6.09 Å². The summed E-state index contributed by atoms with van der Waals surface area (Å²) in [6.45, 7) is 5.23. The number of carbonyl (C=O) groups is 2. The molecule has 2 rings (SSSR count). The summed E-state index contributed by atoms with van der Waals surface area (Å²) < 4.78 is 5.26. The Bertz CT molecular complexity index is 521. The number of benzene rings is 1. The molecule has 0 bridgehead atoms. The molecule has 1 aliphatic heterocycles. The number of hydrogen-bond acceptors (Lipinski definition) is 4. The number of amides is 2. The molecular formula is C16H21NO4. The van der Waals surface area contributed by atoms with Crippen molar-refractivity contribution in [2.75, 3.05) is 0 Å². The molecule has 1 fully saturated rings. The maximum Gasteiger partial charge on any atom is 0.417 e. The summed E-state index contributed by atoms with van der Waals surface area (Å²) in [6, 6.07) is 8.46. The lowest BCUT2D eigenvalue weighted by molar-refractivity contribution is -0.129. The van der Waals surface area contributed by atoms with Gasteiger partial charge in [-0.25, -0.2) is 9.69 Å². The van der Waals surface area contributed by atoms with Crippen LogP contribution in [0.2, 0.25) is 0 Å². The molecule has 0 unspecified atom stereocenters. The number of nitrogens with zero attached hydrogens (tertiary/aromatic N) is 1. The van der Waals surface area contributed by atoms with Crippen molar-refractivity contribution < 1.29 is 19.4 Å². The van der Waals surface area contributed by atoms with Gasteiger partial charge in [-0.05, 0) is 32.8 Å². The van der Waals surface area contributed by atoms with Crippen LogP contribution in [-0.4, -0.2) is 33.6 Å². The first-order valence-corrected chi connectivity index (χ1v) is 7.07. The van der Waals surface area contributed by atoms with Crippen molar-refractivity contribution in [3.8, 4) is 0 Å². The zero-order valence-electron chi connectivity index (χ0n) is 12.6. The third kappa shape index (κ3) is 3.61. The number of ether oxygens (including phenoxy) is 1. The molecule has 114 valence electrons. The molecule has 0 radical (unpaired) electrons. The highest BCUT2D eigenvalue weighted by atomic mass is 16.6. The van der Waals surface area contributed by atoms with E-state index >= 15 is 0 Å². The summed E-state index contributed by atoms with van der Waals surface area (Å²) in [4.78, 5) is 25.2. The molecule has 1 N–H and O–H groups in total. The summed E-state index contributed by atoms with van der Waals surface area (Å²) in [5.41, 5.74) is 0.00752. The van der Waals surface area contributed by atoms with E-state index in [2.05, 4.69) is 0 Å². The number of aliphatic hydroxyl groups is 1. The largest absolute Gasteiger partial charge is 0.443 e. The quantitative estimate of drug-likeness (QED) is 0.909. The van der Waals surface area contributed by atoms with Gasteiger partial charge < -0.3 is 9.84 Å². The van der Waals surface area contributed by atoms with Gasteiger partial charge in [-0.3, -0.25) is 4.79 Å². The predicted molar refractivity (Wildman–Crippen MR) is 77.5 cm³/mol. The van der Waals surface area contributed by atoms with Crippen LogP contribution in [0.25, 0.3) is 0 Å². The minimum atomic E-state index is -0.898. The molecule has 1 saturated heterocycles. The first-order chi connectivity index (χ1) is 9.79. The molecule has 1 aromatic carbocycles. The highest BCUT2D eigenvalue weighted by Gasteiger charge is 2.42. The third-order valence-electron chi connectivity index (χ3n) is 3.35. The zero-order valence-corrected chi connectivity index (χ0v) is 12.6. The van der Waals surface area contributed by atoms with E-state index in [1.54, 1.807) is 32.9 Å². The maximum atomic E-state index is 12.2. The minimum Gasteiger partial charge on any atom is -0.443 e. The van der Waals surface area contributed by atoms with Crippen molar-refractivity contribution in [3.05, 3.63) is 35.9 Å². The topological polar surface area (TPSA) is 66.8 Å². The molecule has 5 nitrogen and oxygen atoms in total. The Morgan fingerprint density at radius 2 is 1.95 bits per heavy atom. The number of hydrogen-bond donors (Lipinski definition) is 1. The van der Waals surface area contributed by atoms with Gasteiger partial charge in [-0.2, -0.15) is 0 Å². The van der Waals surface area contributed by atoms with Gasteiger partial charge in [0.05, 0.1) is 6.04 Å². The van der Waals surface area contributed by atoms with E-state index in [9.17, 15) is 14.7 Å². The van der Waals surface area contributed by atoms with Crippen molar-refractivity contribution in [3.63, 3.8) is 0 Å². The van der Waals surface area contributed by atoms with Crippen LogP contribution in [0, 0.1) is 0 Å². The Morgan fingerprint density at radius 1 is 1.33 bits per heavy atom. The average Bonchev–Trinajstić information content (AvgIpc) is 2.79. The predicted octanol–water partition coefficient (Wildman–Crippen LogP) is 2.65. The highest BCUT2D eigenvalue weighted by molar-refractivity contribution is 5.94. The fourth-order valence-corrected chi connectivity index (χ4v) is 2.43. The van der Waals surface area contributed by atoms with Gasteiger partial charge in [0.25, 0.3) is 0 Å². The van der Waals surface area contributed by atoms with E-state index in [-0.39, 0.29) is 12.3 Å². The van der Waals surface area contributed by atoms with Gasteiger partial charge in [0.2, 0.25) is 5.91 Å². The lowest BCUT2D eigenvalue weighted by atomic mass is 10.0. The maximum absolute atomic E-state index is 12.2. The Kier molecular flexibility index (Phi) is 4.32. The molecule has 2 amide bonds. The number of likely N-dealkylation sites (tertiary alicyclic amines) is 1. The molecule has 0 saturated carbocycles. The number of imide groups is 1. The van der Waals surface area contributed by atoms with E-state index < -0.39 is 23.8 Å². The van der Waals surface area contributed by atoms with Crippen molar-refractivity contribution >= 4 is 12.0 Å². The number of rotatable bonds is 2. The van der Waals surface area contributed by atoms with Gasteiger partial charge in [-0.1, -0.05) is 30.3 Å². The molecule has 1 aromatic rings. The normalized spacial score (nSPS) is 20.5. The van der Waals surface area contributed by atoms with Gasteiger partial charge in [0.1, 0.15) is 11.7 Å². The summed E-state index contributed by atoms with van der Waals surface area (Å²) in [5, 5.41) is 10.5. The van der Waals surface area contributed by atoms with Crippen molar-refractivity contribution in [2.45, 2.75) is 51.4 Å². The lowest BCUT2D eigenvalue weighted by Gasteiger charge is -2.29. The summed E-state index contributed by atoms with van der Waals surface area (Å²) in [6.07, 6.45) is -0.905. The Hall–Kier alpha value is -1.88. The minimum absolute atomic E-state index is 0.244. The fourth-order valence-electron chi connectivity index (χ4n) is 2.43. The molecule has 0 aliphatic carbocycles. The Morgan fingerprint density at radius 3 is 2.52 bits per heavy atom. The van der Waals surface area contributed by atoms with Crippen LogP contribution in [0.4, 0.5) is 4.79 Å². The zero-order chi connectivity index (χ0) is 15.6. The van der Waals surface area contributed by atoms with Crippen molar-refractivity contribution in [2.24, 2.45) is 0 Å². The molecule has 5 heteroatoms. The standard InChI is InChI=1S/C16H21NO4/c1-16(2,3)21-15(20)17-12(9-10-13(17)18)14(19)11-7-5-4-6-8-11/h4-8,12,14,19H,9-10H2,1-3H3/t12-,14-/m0/s1. The van der Waals surface area contributed by atoms with E-state index in [4.69, 9.17) is 4.74 Å². The van der Waals surface area contributed by atoms with Crippen LogP contribution in [-0.2, 0) is 9.53 Å². The number of aliphatic hydroxyl groups excluding tert-OH is 1. The second-order valence-electron chi connectivity index (χ2n) is 6.21. The average molecular weight is 291 g/mol. The molecule has 2 atom stereocenters. The highest BCUT2D eigenvalue weighted by Crippen LogP contribution is 2.31. The second kappa shape index (κ2) is 5.85. The summed E-state index contributed by atoms with van der Waals surface area (Å²) in [7, 11) is 0. The second-order valence-corrected chi connectivity index (χ2v) is 6.21.